The third kappa shape index (κ3) is 3.68. The minimum absolute atomic E-state index is 0.0760. The zero-order chi connectivity index (χ0) is 13.5. The molecule has 0 aliphatic rings. The van der Waals surface area contributed by atoms with Crippen LogP contribution in [0.25, 0.3) is 0 Å². The van der Waals surface area contributed by atoms with Gasteiger partial charge in [0.25, 0.3) is 0 Å². The van der Waals surface area contributed by atoms with Crippen molar-refractivity contribution in [3.8, 4) is 5.75 Å². The molecule has 6 heteroatoms. The number of aryl methyl sites for hydroxylation is 1. The van der Waals surface area contributed by atoms with Crippen LogP contribution in [0.15, 0.2) is 6.20 Å². The van der Waals surface area contributed by atoms with E-state index in [9.17, 15) is 9.90 Å². The summed E-state index contributed by atoms with van der Waals surface area (Å²) in [5, 5.41) is 22.0. The van der Waals surface area contributed by atoms with Crippen molar-refractivity contribution in [2.24, 2.45) is 0 Å². The molecule has 0 amide bonds. The van der Waals surface area contributed by atoms with Gasteiger partial charge in [-0.15, -0.1) is 0 Å². The van der Waals surface area contributed by atoms with Gasteiger partial charge in [-0.1, -0.05) is 0 Å². The SMILES string of the molecule is COC(=O)CCNCc1c(CO)cnc(C)c1O. The molecule has 1 aromatic rings. The lowest BCUT2D eigenvalue weighted by atomic mass is 10.1. The molecule has 0 bridgehead atoms. The molecule has 0 radical (unpaired) electrons. The smallest absolute Gasteiger partial charge is 0.306 e. The molecule has 0 aliphatic carbocycles. The van der Waals surface area contributed by atoms with Gasteiger partial charge >= 0.3 is 5.97 Å². The Bertz CT molecular complexity index is 421. The van der Waals surface area contributed by atoms with E-state index >= 15 is 0 Å². The van der Waals surface area contributed by atoms with Gasteiger partial charge in [0.15, 0.2) is 0 Å². The number of nitrogens with one attached hydrogen (secondary N) is 1. The zero-order valence-electron chi connectivity index (χ0n) is 10.6. The first-order chi connectivity index (χ1) is 8.60. The number of carbonyl (C=O) groups excluding carboxylic acids is 1. The third-order valence-corrected chi connectivity index (χ3v) is 2.64. The van der Waals surface area contributed by atoms with Crippen LogP contribution in [0.4, 0.5) is 0 Å². The number of esters is 1. The topological polar surface area (TPSA) is 91.7 Å². The van der Waals surface area contributed by atoms with E-state index in [2.05, 4.69) is 15.0 Å². The highest BCUT2D eigenvalue weighted by Gasteiger charge is 2.11. The highest BCUT2D eigenvalue weighted by Crippen LogP contribution is 2.23. The van der Waals surface area contributed by atoms with E-state index in [0.717, 1.165) is 0 Å². The molecule has 1 rings (SSSR count). The summed E-state index contributed by atoms with van der Waals surface area (Å²) in [4.78, 5) is 14.9. The lowest BCUT2D eigenvalue weighted by Gasteiger charge is -2.12. The standard InChI is InChI=1S/C12H18N2O4/c1-8-12(17)10(9(7-15)5-14-8)6-13-4-3-11(16)18-2/h5,13,15,17H,3-4,6-7H2,1-2H3. The summed E-state index contributed by atoms with van der Waals surface area (Å²) in [5.74, 6) is -0.216. The number of aliphatic hydroxyl groups is 1. The average Bonchev–Trinajstić information content (AvgIpc) is 2.38. The van der Waals surface area contributed by atoms with Gasteiger partial charge in [-0.25, -0.2) is 0 Å². The number of methoxy groups -OCH3 is 1. The maximum Gasteiger partial charge on any atom is 0.306 e. The zero-order valence-corrected chi connectivity index (χ0v) is 10.6. The molecule has 0 aromatic carbocycles. The molecule has 1 heterocycles. The Kier molecular flexibility index (Phi) is 5.54. The average molecular weight is 254 g/mol. The fourth-order valence-electron chi connectivity index (χ4n) is 1.52. The quantitative estimate of drug-likeness (QED) is 0.497. The predicted molar refractivity (Wildman–Crippen MR) is 64.9 cm³/mol. The molecule has 6 nitrogen and oxygen atoms in total. The summed E-state index contributed by atoms with van der Waals surface area (Å²) in [6.07, 6.45) is 1.79. The monoisotopic (exact) mass is 254 g/mol. The van der Waals surface area contributed by atoms with Gasteiger partial charge in [-0.3, -0.25) is 9.78 Å². The molecule has 0 fully saturated rings. The van der Waals surface area contributed by atoms with Crippen LogP contribution in [0.1, 0.15) is 23.2 Å². The molecule has 3 N–H and O–H groups in total. The van der Waals surface area contributed by atoms with Gasteiger partial charge in [-0.2, -0.15) is 0 Å². The molecule has 0 spiro atoms. The Morgan fingerprint density at radius 1 is 1.56 bits per heavy atom. The van der Waals surface area contributed by atoms with E-state index in [1.807, 2.05) is 0 Å². The third-order valence-electron chi connectivity index (χ3n) is 2.64. The van der Waals surface area contributed by atoms with Gasteiger partial charge in [0, 0.05) is 30.4 Å². The minimum atomic E-state index is -0.292. The number of nitrogens with zero attached hydrogens (tertiary/aromatic N) is 1. The minimum Gasteiger partial charge on any atom is -0.506 e. The first-order valence-corrected chi connectivity index (χ1v) is 5.64. The largest absolute Gasteiger partial charge is 0.506 e. The normalized spacial score (nSPS) is 10.4. The van der Waals surface area contributed by atoms with E-state index in [1.165, 1.54) is 13.3 Å². The summed E-state index contributed by atoms with van der Waals surface area (Å²) >= 11 is 0. The second kappa shape index (κ2) is 6.93. The van der Waals surface area contributed by atoms with Gasteiger partial charge in [0.2, 0.25) is 0 Å². The number of aromatic hydroxyl groups is 1. The molecule has 0 aliphatic heterocycles. The van der Waals surface area contributed by atoms with Crippen LogP contribution in [0.3, 0.4) is 0 Å². The molecule has 18 heavy (non-hydrogen) atoms. The first kappa shape index (κ1) is 14.4. The summed E-state index contributed by atoms with van der Waals surface area (Å²) in [6, 6.07) is 0. The van der Waals surface area contributed by atoms with Gasteiger partial charge in [0.05, 0.1) is 25.8 Å². The summed E-state index contributed by atoms with van der Waals surface area (Å²) in [6.45, 7) is 2.31. The van der Waals surface area contributed by atoms with Crippen LogP contribution in [-0.2, 0) is 22.7 Å². The Labute approximate surface area is 106 Å². The summed E-state index contributed by atoms with van der Waals surface area (Å²) in [5.41, 5.74) is 1.69. The molecule has 0 saturated heterocycles. The fraction of sp³-hybridized carbons (Fsp3) is 0.500. The number of carbonyl (C=O) groups is 1. The van der Waals surface area contributed by atoms with E-state index in [-0.39, 0.29) is 24.7 Å². The van der Waals surface area contributed by atoms with E-state index in [0.29, 0.717) is 29.9 Å². The molecule has 100 valence electrons. The maximum absolute atomic E-state index is 10.9. The summed E-state index contributed by atoms with van der Waals surface area (Å²) in [7, 11) is 1.34. The Balaban J connectivity index is 2.61. The van der Waals surface area contributed by atoms with Crippen LogP contribution in [0, 0.1) is 6.92 Å². The number of rotatable bonds is 6. The molecular formula is C12H18N2O4. The van der Waals surface area contributed by atoms with Crippen molar-refractivity contribution >= 4 is 5.97 Å². The highest BCUT2D eigenvalue weighted by molar-refractivity contribution is 5.69. The van der Waals surface area contributed by atoms with Crippen molar-refractivity contribution < 1.29 is 19.7 Å². The van der Waals surface area contributed by atoms with Crippen molar-refractivity contribution in [1.82, 2.24) is 10.3 Å². The predicted octanol–water partition coefficient (Wildman–Crippen LogP) is 0.241. The van der Waals surface area contributed by atoms with E-state index in [4.69, 9.17) is 5.11 Å². The Morgan fingerprint density at radius 3 is 2.89 bits per heavy atom. The van der Waals surface area contributed by atoms with E-state index < -0.39 is 0 Å². The second-order valence-electron chi connectivity index (χ2n) is 3.86. The van der Waals surface area contributed by atoms with Crippen molar-refractivity contribution in [2.75, 3.05) is 13.7 Å². The van der Waals surface area contributed by atoms with Gasteiger partial charge in [0.1, 0.15) is 5.75 Å². The second-order valence-corrected chi connectivity index (χ2v) is 3.86. The van der Waals surface area contributed by atoms with Crippen LogP contribution in [-0.4, -0.2) is 34.8 Å². The van der Waals surface area contributed by atoms with Crippen molar-refractivity contribution in [2.45, 2.75) is 26.5 Å². The van der Waals surface area contributed by atoms with Crippen molar-refractivity contribution in [3.05, 3.63) is 23.0 Å². The lowest BCUT2D eigenvalue weighted by molar-refractivity contribution is -0.140. The summed E-state index contributed by atoms with van der Waals surface area (Å²) < 4.78 is 4.51. The maximum atomic E-state index is 10.9. The van der Waals surface area contributed by atoms with Gasteiger partial charge < -0.3 is 20.3 Å². The molecule has 0 unspecified atom stereocenters. The van der Waals surface area contributed by atoms with Crippen molar-refractivity contribution in [1.29, 1.82) is 0 Å². The van der Waals surface area contributed by atoms with Gasteiger partial charge in [-0.05, 0) is 6.92 Å². The van der Waals surface area contributed by atoms with Crippen LogP contribution in [0.5, 0.6) is 5.75 Å². The number of aliphatic hydroxyl groups excluding tert-OH is 1. The van der Waals surface area contributed by atoms with Crippen LogP contribution in [0.2, 0.25) is 0 Å². The Hall–Kier alpha value is -1.66. The Morgan fingerprint density at radius 2 is 2.28 bits per heavy atom. The number of aromatic nitrogens is 1. The fourth-order valence-corrected chi connectivity index (χ4v) is 1.52. The number of hydrogen-bond acceptors (Lipinski definition) is 6. The van der Waals surface area contributed by atoms with Crippen molar-refractivity contribution in [3.63, 3.8) is 0 Å². The van der Waals surface area contributed by atoms with Crippen LogP contribution >= 0.6 is 0 Å². The molecule has 1 aromatic heterocycles. The molecule has 0 saturated carbocycles. The van der Waals surface area contributed by atoms with Crippen LogP contribution < -0.4 is 5.32 Å². The molecular weight excluding hydrogens is 236 g/mol. The number of ether oxygens (including phenoxy) is 1. The number of hydrogen-bond donors (Lipinski definition) is 3. The highest BCUT2D eigenvalue weighted by atomic mass is 16.5. The molecule has 0 atom stereocenters. The number of pyridine rings is 1. The lowest BCUT2D eigenvalue weighted by Crippen LogP contribution is -2.19. The van der Waals surface area contributed by atoms with E-state index in [1.54, 1.807) is 6.92 Å². The first-order valence-electron chi connectivity index (χ1n) is 5.64.